The summed E-state index contributed by atoms with van der Waals surface area (Å²) in [7, 11) is 0. The quantitative estimate of drug-likeness (QED) is 0.709. The molecule has 3 aliphatic rings. The summed E-state index contributed by atoms with van der Waals surface area (Å²) in [4.78, 5) is 40.7. The second-order valence-electron chi connectivity index (χ2n) is 8.51. The first-order chi connectivity index (χ1) is 17.7. The van der Waals surface area contributed by atoms with Gasteiger partial charge in [-0.1, -0.05) is 36.9 Å². The molecule has 3 amide bonds. The van der Waals surface area contributed by atoms with Crippen LogP contribution in [0.3, 0.4) is 0 Å². The zero-order valence-corrected chi connectivity index (χ0v) is 18.6. The molecule has 176 valence electrons. The number of nitrogens with zero attached hydrogens (tertiary/aromatic N) is 2. The van der Waals surface area contributed by atoms with Crippen molar-refractivity contribution >= 4 is 17.7 Å². The maximum absolute atomic E-state index is 13.2. The van der Waals surface area contributed by atoms with Crippen LogP contribution in [-0.2, 0) is 34.0 Å². The third kappa shape index (κ3) is 4.41. The second-order valence-corrected chi connectivity index (χ2v) is 8.51. The van der Waals surface area contributed by atoms with Gasteiger partial charge in [-0.3, -0.25) is 14.4 Å². The van der Waals surface area contributed by atoms with Gasteiger partial charge in [0.05, 0.1) is 17.2 Å². The van der Waals surface area contributed by atoms with Crippen LogP contribution in [0, 0.1) is 0 Å². The number of allylic oxidation sites excluding steroid dienone is 1. The van der Waals surface area contributed by atoms with Gasteiger partial charge in [-0.2, -0.15) is 0 Å². The fourth-order valence-electron chi connectivity index (χ4n) is 4.28. The topological polar surface area (TPSA) is 88.2 Å². The summed E-state index contributed by atoms with van der Waals surface area (Å²) in [6.45, 7) is 4.21. The molecule has 0 saturated carbocycles. The predicted octanol–water partition coefficient (Wildman–Crippen LogP) is 2.37. The number of rotatable bonds is 6. The molecule has 2 aromatic rings. The van der Waals surface area contributed by atoms with Gasteiger partial charge in [0, 0.05) is 29.9 Å². The number of nitrogens with one attached hydrogen (secondary N) is 1. The van der Waals surface area contributed by atoms with E-state index in [1.807, 2.05) is 24.3 Å². The van der Waals surface area contributed by atoms with Crippen LogP contribution in [0.25, 0.3) is 0 Å². The van der Waals surface area contributed by atoms with Crippen molar-refractivity contribution < 1.29 is 28.0 Å². The van der Waals surface area contributed by atoms with Crippen molar-refractivity contribution in [3.05, 3.63) is 76.9 Å². The minimum Gasteiger partial charge on any atom is -0.489 e. The van der Waals surface area contributed by atoms with Crippen LogP contribution in [0.15, 0.2) is 54.7 Å². The van der Waals surface area contributed by atoms with Gasteiger partial charge in [-0.05, 0) is 36.1 Å². The minimum atomic E-state index is -1.28. The summed E-state index contributed by atoms with van der Waals surface area (Å²) in [6.07, 6.45) is 0.819. The molecule has 3 aliphatic heterocycles. The van der Waals surface area contributed by atoms with Crippen LogP contribution in [0.5, 0.6) is 5.75 Å². The maximum Gasteiger partial charge on any atom is 0.255 e. The van der Waals surface area contributed by atoms with Crippen molar-refractivity contribution in [1.29, 1.82) is 0 Å². The summed E-state index contributed by atoms with van der Waals surface area (Å²) < 4.78 is 36.6. The van der Waals surface area contributed by atoms with E-state index < -0.39 is 24.4 Å². The van der Waals surface area contributed by atoms with Gasteiger partial charge in [-0.15, -0.1) is 0 Å². The van der Waals surface area contributed by atoms with Crippen LogP contribution in [-0.4, -0.2) is 53.3 Å². The third-order valence-electron chi connectivity index (χ3n) is 6.17. The Kier molecular flexibility index (Phi) is 5.13. The largest absolute Gasteiger partial charge is 0.489 e. The normalized spacial score (nSPS) is 23.8. The number of fused-ring (bicyclic) bond motifs is 1. The van der Waals surface area contributed by atoms with Crippen LogP contribution in [0.4, 0.5) is 0 Å². The van der Waals surface area contributed by atoms with Crippen LogP contribution >= 0.6 is 0 Å². The molecule has 0 aromatic heterocycles. The Hall–Kier alpha value is -3.65. The number of hydrogen-bond acceptors (Lipinski definition) is 5. The van der Waals surface area contributed by atoms with E-state index in [0.29, 0.717) is 38.2 Å². The lowest BCUT2D eigenvalue weighted by molar-refractivity contribution is -0.143. The maximum atomic E-state index is 13.2. The van der Waals surface area contributed by atoms with Crippen LogP contribution in [0.2, 0.25) is 0 Å². The van der Waals surface area contributed by atoms with E-state index in [1.54, 1.807) is 4.90 Å². The van der Waals surface area contributed by atoms with Crippen LogP contribution in [0.1, 0.15) is 44.0 Å². The van der Waals surface area contributed by atoms with E-state index >= 15 is 0 Å². The Morgan fingerprint density at radius 2 is 2.00 bits per heavy atom. The van der Waals surface area contributed by atoms with E-state index in [0.717, 1.165) is 11.1 Å². The number of piperidine rings is 1. The van der Waals surface area contributed by atoms with E-state index in [9.17, 15) is 14.4 Å². The number of benzene rings is 2. The lowest BCUT2D eigenvalue weighted by Crippen LogP contribution is -2.49. The van der Waals surface area contributed by atoms with E-state index in [-0.39, 0.29) is 48.1 Å². The zero-order valence-electron chi connectivity index (χ0n) is 21.6. The Balaban J connectivity index is 1.34. The summed E-state index contributed by atoms with van der Waals surface area (Å²) in [5.41, 5.74) is 2.46. The number of carbonyl (C=O) groups is 3. The zero-order chi connectivity index (χ0) is 26.3. The molecule has 8 heteroatoms. The molecule has 2 unspecified atom stereocenters. The molecular formula is C26H27N3O5. The number of carbonyl (C=O) groups excluding carboxylic acids is 3. The van der Waals surface area contributed by atoms with Crippen molar-refractivity contribution in [2.75, 3.05) is 19.8 Å². The first kappa shape index (κ1) is 18.7. The van der Waals surface area contributed by atoms with E-state index in [1.165, 1.54) is 11.0 Å². The van der Waals surface area contributed by atoms with Crippen molar-refractivity contribution in [2.24, 2.45) is 0 Å². The highest BCUT2D eigenvalue weighted by molar-refractivity contribution is 6.02. The monoisotopic (exact) mass is 464 g/mol. The summed E-state index contributed by atoms with van der Waals surface area (Å²) >= 11 is 0. The molecule has 2 fully saturated rings. The number of amides is 3. The van der Waals surface area contributed by atoms with E-state index in [2.05, 4.69) is 11.9 Å². The van der Waals surface area contributed by atoms with Crippen LogP contribution < -0.4 is 10.1 Å². The SMILES string of the molecule is [2H]c1cc([2H])c2c(c1OCc1ccc(CN3CCOCC3=O)cc1)C([2H])N(C1CCC(=C)NC1=O)C2=O. The van der Waals surface area contributed by atoms with Gasteiger partial charge >= 0.3 is 0 Å². The van der Waals surface area contributed by atoms with Gasteiger partial charge in [-0.25, -0.2) is 0 Å². The average molecular weight is 465 g/mol. The highest BCUT2D eigenvalue weighted by Crippen LogP contribution is 2.34. The highest BCUT2D eigenvalue weighted by Gasteiger charge is 2.39. The molecule has 34 heavy (non-hydrogen) atoms. The molecule has 2 atom stereocenters. The lowest BCUT2D eigenvalue weighted by Gasteiger charge is -2.31. The van der Waals surface area contributed by atoms with Gasteiger partial charge in [0.15, 0.2) is 0 Å². The number of ether oxygens (including phenoxy) is 2. The molecule has 2 saturated heterocycles. The Labute approximate surface area is 202 Å². The predicted molar refractivity (Wildman–Crippen MR) is 124 cm³/mol. The molecule has 8 nitrogen and oxygen atoms in total. The average Bonchev–Trinajstić information content (AvgIpc) is 3.12. The first-order valence-corrected chi connectivity index (χ1v) is 11.2. The Morgan fingerprint density at radius 1 is 1.21 bits per heavy atom. The molecule has 5 rings (SSSR count). The minimum absolute atomic E-state index is 0.00581. The van der Waals surface area contributed by atoms with Gasteiger partial charge in [0.2, 0.25) is 11.8 Å². The smallest absolute Gasteiger partial charge is 0.255 e. The summed E-state index contributed by atoms with van der Waals surface area (Å²) in [6, 6.07) is 7.62. The van der Waals surface area contributed by atoms with Crippen molar-refractivity contribution in [1.82, 2.24) is 15.1 Å². The molecule has 0 spiro atoms. The summed E-state index contributed by atoms with van der Waals surface area (Å²) in [5, 5.41) is 2.64. The number of morpholine rings is 1. The third-order valence-corrected chi connectivity index (χ3v) is 6.17. The fraction of sp³-hybridized carbons (Fsp3) is 0.346. The first-order valence-electron chi connectivity index (χ1n) is 12.8. The van der Waals surface area contributed by atoms with E-state index in [4.69, 9.17) is 13.6 Å². The second kappa shape index (κ2) is 9.30. The van der Waals surface area contributed by atoms with Gasteiger partial charge in [0.1, 0.15) is 25.0 Å². The molecule has 3 heterocycles. The summed E-state index contributed by atoms with van der Waals surface area (Å²) in [5.74, 6) is -0.976. The molecule has 0 aliphatic carbocycles. The van der Waals surface area contributed by atoms with Crippen molar-refractivity contribution in [3.63, 3.8) is 0 Å². The van der Waals surface area contributed by atoms with Gasteiger partial charge < -0.3 is 24.6 Å². The number of hydrogen-bond donors (Lipinski definition) is 1. The molecule has 2 aromatic carbocycles. The Bertz CT molecular complexity index is 1280. The molecule has 0 radical (unpaired) electrons. The van der Waals surface area contributed by atoms with Crippen molar-refractivity contribution in [2.45, 2.75) is 38.6 Å². The molecular weight excluding hydrogens is 434 g/mol. The standard InChI is InChI=1S/C26H27N3O5/c1-17-5-10-22(25(31)27-17)29-14-21-20(26(29)32)3-2-4-23(21)34-15-19-8-6-18(7-9-19)13-28-11-12-33-16-24(28)30/h2-4,6-9,22H,1,5,10-16H2,(H,27,31)/i3D,4D,14D. The molecule has 0 bridgehead atoms. The lowest BCUT2D eigenvalue weighted by atomic mass is 10.0. The fourth-order valence-corrected chi connectivity index (χ4v) is 4.28. The highest BCUT2D eigenvalue weighted by atomic mass is 16.5. The van der Waals surface area contributed by atoms with Gasteiger partial charge in [0.25, 0.3) is 5.91 Å². The Morgan fingerprint density at radius 3 is 2.76 bits per heavy atom. The molecule has 1 N–H and O–H groups in total. The van der Waals surface area contributed by atoms with Crippen molar-refractivity contribution in [3.8, 4) is 5.75 Å².